The van der Waals surface area contributed by atoms with Crippen molar-refractivity contribution in [2.45, 2.75) is 25.7 Å². The highest BCUT2D eigenvalue weighted by Crippen LogP contribution is 2.19. The van der Waals surface area contributed by atoms with Crippen LogP contribution in [0, 0.1) is 11.8 Å². The van der Waals surface area contributed by atoms with Gasteiger partial charge >= 0.3 is 0 Å². The third-order valence-corrected chi connectivity index (χ3v) is 4.00. The van der Waals surface area contributed by atoms with Crippen molar-refractivity contribution in [3.63, 3.8) is 0 Å². The molecule has 0 aliphatic carbocycles. The Bertz CT molecular complexity index is 251. The van der Waals surface area contributed by atoms with Crippen LogP contribution in [0.4, 0.5) is 0 Å². The Morgan fingerprint density at radius 2 is 2.06 bits per heavy atom. The molecule has 2 heterocycles. The highest BCUT2D eigenvalue weighted by molar-refractivity contribution is 5.85. The van der Waals surface area contributed by atoms with Crippen molar-refractivity contribution in [1.82, 2.24) is 10.2 Å². The van der Waals surface area contributed by atoms with Crippen molar-refractivity contribution in [3.05, 3.63) is 0 Å². The summed E-state index contributed by atoms with van der Waals surface area (Å²) in [6.45, 7) is 4.55. The second-order valence-electron chi connectivity index (χ2n) is 5.29. The summed E-state index contributed by atoms with van der Waals surface area (Å²) in [5.74, 6) is 1.29. The minimum absolute atomic E-state index is 0. The summed E-state index contributed by atoms with van der Waals surface area (Å²) in [7, 11) is 1.94. The molecule has 0 spiro atoms. The zero-order valence-corrected chi connectivity index (χ0v) is 12.0. The van der Waals surface area contributed by atoms with E-state index in [9.17, 15) is 4.79 Å². The number of amides is 1. The molecule has 1 atom stereocenters. The molecule has 4 nitrogen and oxygen atoms in total. The molecule has 0 bridgehead atoms. The standard InChI is InChI=1S/C13H24N2O2.ClH/c1-15(13(16)12-2-6-14-10-12)7-3-11-4-8-17-9-5-11;/h11-12,14H,2-10H2,1H3;1H. The van der Waals surface area contributed by atoms with Crippen LogP contribution in [0.2, 0.25) is 0 Å². The molecule has 0 saturated carbocycles. The van der Waals surface area contributed by atoms with Gasteiger partial charge in [-0.15, -0.1) is 12.4 Å². The maximum atomic E-state index is 12.1. The van der Waals surface area contributed by atoms with E-state index in [1.165, 1.54) is 0 Å². The van der Waals surface area contributed by atoms with Crippen molar-refractivity contribution in [3.8, 4) is 0 Å². The number of nitrogens with one attached hydrogen (secondary N) is 1. The number of carbonyl (C=O) groups is 1. The fourth-order valence-corrected chi connectivity index (χ4v) is 2.70. The van der Waals surface area contributed by atoms with E-state index in [2.05, 4.69) is 5.32 Å². The molecule has 0 radical (unpaired) electrons. The summed E-state index contributed by atoms with van der Waals surface area (Å²) in [5.41, 5.74) is 0. The number of carbonyl (C=O) groups excluding carboxylic acids is 1. The first-order valence-corrected chi connectivity index (χ1v) is 6.81. The minimum Gasteiger partial charge on any atom is -0.381 e. The van der Waals surface area contributed by atoms with Crippen molar-refractivity contribution >= 4 is 18.3 Å². The van der Waals surface area contributed by atoms with E-state index in [4.69, 9.17) is 4.74 Å². The third kappa shape index (κ3) is 4.41. The van der Waals surface area contributed by atoms with Crippen LogP contribution < -0.4 is 5.32 Å². The van der Waals surface area contributed by atoms with Crippen LogP contribution in [-0.2, 0) is 9.53 Å². The molecule has 1 amide bonds. The van der Waals surface area contributed by atoms with E-state index in [-0.39, 0.29) is 18.3 Å². The predicted octanol–water partition coefficient (Wildman–Crippen LogP) is 1.29. The van der Waals surface area contributed by atoms with E-state index in [1.54, 1.807) is 0 Å². The topological polar surface area (TPSA) is 41.6 Å². The van der Waals surface area contributed by atoms with Crippen LogP contribution in [0.25, 0.3) is 0 Å². The summed E-state index contributed by atoms with van der Waals surface area (Å²) in [6.07, 6.45) is 4.45. The van der Waals surface area contributed by atoms with E-state index in [0.29, 0.717) is 5.91 Å². The van der Waals surface area contributed by atoms with E-state index < -0.39 is 0 Å². The molecule has 5 heteroatoms. The average Bonchev–Trinajstić information content (AvgIpc) is 2.90. The van der Waals surface area contributed by atoms with Crippen LogP contribution in [0.5, 0.6) is 0 Å². The highest BCUT2D eigenvalue weighted by atomic mass is 35.5. The monoisotopic (exact) mass is 276 g/mol. The first-order valence-electron chi connectivity index (χ1n) is 6.81. The van der Waals surface area contributed by atoms with Crippen LogP contribution in [0.15, 0.2) is 0 Å². The van der Waals surface area contributed by atoms with Gasteiger partial charge in [0.05, 0.1) is 5.92 Å². The van der Waals surface area contributed by atoms with Gasteiger partial charge in [-0.25, -0.2) is 0 Å². The quantitative estimate of drug-likeness (QED) is 0.841. The predicted molar refractivity (Wildman–Crippen MR) is 74.0 cm³/mol. The van der Waals surface area contributed by atoms with Gasteiger partial charge in [0.1, 0.15) is 0 Å². The van der Waals surface area contributed by atoms with Crippen molar-refractivity contribution in [2.75, 3.05) is 39.9 Å². The van der Waals surface area contributed by atoms with Gasteiger partial charge in [-0.2, -0.15) is 0 Å². The normalized spacial score (nSPS) is 24.6. The van der Waals surface area contributed by atoms with Gasteiger partial charge in [0.15, 0.2) is 0 Å². The first kappa shape index (κ1) is 15.7. The van der Waals surface area contributed by atoms with E-state index >= 15 is 0 Å². The molecule has 2 rings (SSSR count). The molecule has 2 aliphatic heterocycles. The maximum Gasteiger partial charge on any atom is 0.226 e. The van der Waals surface area contributed by atoms with E-state index in [0.717, 1.165) is 64.4 Å². The Hall–Kier alpha value is -0.320. The summed E-state index contributed by atoms with van der Waals surface area (Å²) in [5, 5.41) is 3.25. The molecule has 0 aromatic carbocycles. The highest BCUT2D eigenvalue weighted by Gasteiger charge is 2.25. The lowest BCUT2D eigenvalue weighted by molar-refractivity contribution is -0.133. The fourth-order valence-electron chi connectivity index (χ4n) is 2.70. The fraction of sp³-hybridized carbons (Fsp3) is 0.923. The van der Waals surface area contributed by atoms with E-state index in [1.807, 2.05) is 11.9 Å². The molecule has 2 saturated heterocycles. The van der Waals surface area contributed by atoms with Gasteiger partial charge in [-0.1, -0.05) is 0 Å². The molecule has 1 unspecified atom stereocenters. The van der Waals surface area contributed by atoms with Crippen LogP contribution in [0.1, 0.15) is 25.7 Å². The maximum absolute atomic E-state index is 12.1. The molecule has 106 valence electrons. The Kier molecular flexibility index (Phi) is 6.97. The van der Waals surface area contributed by atoms with Crippen molar-refractivity contribution < 1.29 is 9.53 Å². The number of nitrogens with zero attached hydrogens (tertiary/aromatic N) is 1. The van der Waals surface area contributed by atoms with Gasteiger partial charge in [0, 0.05) is 33.4 Å². The lowest BCUT2D eigenvalue weighted by Crippen LogP contribution is -2.35. The van der Waals surface area contributed by atoms with Crippen LogP contribution in [-0.4, -0.2) is 50.7 Å². The van der Waals surface area contributed by atoms with Crippen LogP contribution >= 0.6 is 12.4 Å². The molecule has 0 aromatic rings. The summed E-state index contributed by atoms with van der Waals surface area (Å²) in [4.78, 5) is 14.0. The van der Waals surface area contributed by atoms with Gasteiger partial charge in [0.25, 0.3) is 0 Å². The van der Waals surface area contributed by atoms with Crippen molar-refractivity contribution in [1.29, 1.82) is 0 Å². The number of hydrogen-bond donors (Lipinski definition) is 1. The van der Waals surface area contributed by atoms with Gasteiger partial charge in [-0.3, -0.25) is 4.79 Å². The number of halogens is 1. The van der Waals surface area contributed by atoms with Gasteiger partial charge in [-0.05, 0) is 38.1 Å². The summed E-state index contributed by atoms with van der Waals surface area (Å²) < 4.78 is 5.35. The average molecular weight is 277 g/mol. The summed E-state index contributed by atoms with van der Waals surface area (Å²) in [6, 6.07) is 0. The smallest absolute Gasteiger partial charge is 0.226 e. The van der Waals surface area contributed by atoms with Crippen molar-refractivity contribution in [2.24, 2.45) is 11.8 Å². The SMILES string of the molecule is CN(CCC1CCOCC1)C(=O)C1CCNC1.Cl. The Morgan fingerprint density at radius 1 is 1.33 bits per heavy atom. The molecular formula is C13H25ClN2O2. The third-order valence-electron chi connectivity index (χ3n) is 4.00. The number of rotatable bonds is 4. The van der Waals surface area contributed by atoms with Gasteiger partial charge < -0.3 is 15.0 Å². The summed E-state index contributed by atoms with van der Waals surface area (Å²) >= 11 is 0. The van der Waals surface area contributed by atoms with Gasteiger partial charge in [0.2, 0.25) is 5.91 Å². The van der Waals surface area contributed by atoms with Crippen LogP contribution in [0.3, 0.4) is 0 Å². The molecular weight excluding hydrogens is 252 g/mol. The Morgan fingerprint density at radius 3 is 2.67 bits per heavy atom. The molecule has 18 heavy (non-hydrogen) atoms. The zero-order valence-electron chi connectivity index (χ0n) is 11.2. The first-order chi connectivity index (χ1) is 8.27. The lowest BCUT2D eigenvalue weighted by atomic mass is 9.96. The molecule has 0 aromatic heterocycles. The zero-order chi connectivity index (χ0) is 12.1. The second-order valence-corrected chi connectivity index (χ2v) is 5.29. The molecule has 2 fully saturated rings. The molecule has 1 N–H and O–H groups in total. The lowest BCUT2D eigenvalue weighted by Gasteiger charge is -2.26. The minimum atomic E-state index is 0. The number of ether oxygens (including phenoxy) is 1. The number of hydrogen-bond acceptors (Lipinski definition) is 3. The Labute approximate surface area is 116 Å². The Balaban J connectivity index is 0.00000162. The largest absolute Gasteiger partial charge is 0.381 e. The molecule has 2 aliphatic rings. The second kappa shape index (κ2) is 7.97.